The third-order valence-corrected chi connectivity index (χ3v) is 4.47. The molecule has 0 saturated heterocycles. The molecule has 0 aliphatic rings. The van der Waals surface area contributed by atoms with Crippen LogP contribution in [-0.2, 0) is 16.1 Å². The molecule has 1 aromatic heterocycles. The summed E-state index contributed by atoms with van der Waals surface area (Å²) in [5.41, 5.74) is 0.656. The summed E-state index contributed by atoms with van der Waals surface area (Å²) in [4.78, 5) is 26.7. The van der Waals surface area contributed by atoms with Gasteiger partial charge < -0.3 is 15.0 Å². The average Bonchev–Trinajstić information content (AvgIpc) is 3.16. The molecule has 0 saturated carbocycles. The second-order valence-electron chi connectivity index (χ2n) is 5.49. The molecule has 0 aliphatic carbocycles. The molecule has 2 amide bonds. The van der Waals surface area contributed by atoms with Gasteiger partial charge in [0.2, 0.25) is 11.8 Å². The van der Waals surface area contributed by atoms with Crippen LogP contribution < -0.4 is 10.1 Å². The molecule has 8 heteroatoms. The highest BCUT2D eigenvalue weighted by Gasteiger charge is 2.13. The van der Waals surface area contributed by atoms with Crippen molar-refractivity contribution in [2.75, 3.05) is 13.1 Å². The zero-order valence-electron chi connectivity index (χ0n) is 14.7. The molecule has 0 fully saturated rings. The summed E-state index contributed by atoms with van der Waals surface area (Å²) in [6.45, 7) is -0.305. The molecule has 2 aromatic rings. The van der Waals surface area contributed by atoms with Gasteiger partial charge in [-0.3, -0.25) is 9.59 Å². The van der Waals surface area contributed by atoms with Crippen molar-refractivity contribution in [3.05, 3.63) is 58.3 Å². The van der Waals surface area contributed by atoms with Crippen molar-refractivity contribution < 1.29 is 23.1 Å². The van der Waals surface area contributed by atoms with Crippen LogP contribution in [0.1, 0.15) is 17.4 Å². The predicted molar refractivity (Wildman–Crippen MR) is 101 cm³/mol. The number of alkyl halides is 2. The lowest BCUT2D eigenvalue weighted by molar-refractivity contribution is -0.132. The van der Waals surface area contributed by atoms with E-state index in [0.29, 0.717) is 18.7 Å². The van der Waals surface area contributed by atoms with E-state index in [4.69, 9.17) is 0 Å². The minimum Gasteiger partial charge on any atom is -0.435 e. The van der Waals surface area contributed by atoms with Gasteiger partial charge in [-0.15, -0.1) is 11.3 Å². The van der Waals surface area contributed by atoms with Gasteiger partial charge in [0.05, 0.1) is 13.1 Å². The Morgan fingerprint density at radius 2 is 2.00 bits per heavy atom. The molecule has 0 unspecified atom stereocenters. The lowest BCUT2D eigenvalue weighted by atomic mass is 10.2. The van der Waals surface area contributed by atoms with E-state index in [9.17, 15) is 18.4 Å². The van der Waals surface area contributed by atoms with Crippen molar-refractivity contribution in [2.45, 2.75) is 20.1 Å². The molecule has 144 valence electrons. The van der Waals surface area contributed by atoms with Crippen molar-refractivity contribution in [2.24, 2.45) is 0 Å². The van der Waals surface area contributed by atoms with E-state index in [-0.39, 0.29) is 24.1 Å². The smallest absolute Gasteiger partial charge is 0.387 e. The lowest BCUT2D eigenvalue weighted by Crippen LogP contribution is -2.39. The number of amides is 2. The van der Waals surface area contributed by atoms with Gasteiger partial charge >= 0.3 is 6.61 Å². The quantitative estimate of drug-likeness (QED) is 0.662. The maximum absolute atomic E-state index is 12.3. The van der Waals surface area contributed by atoms with E-state index >= 15 is 0 Å². The van der Waals surface area contributed by atoms with Crippen LogP contribution in [-0.4, -0.2) is 36.4 Å². The summed E-state index contributed by atoms with van der Waals surface area (Å²) in [6, 6.07) is 9.74. The molecule has 1 aromatic carbocycles. The van der Waals surface area contributed by atoms with Crippen LogP contribution in [0, 0.1) is 0 Å². The van der Waals surface area contributed by atoms with Gasteiger partial charge in [-0.1, -0.05) is 18.2 Å². The summed E-state index contributed by atoms with van der Waals surface area (Å²) in [5, 5.41) is 4.71. The van der Waals surface area contributed by atoms with Crippen molar-refractivity contribution in [3.63, 3.8) is 0 Å². The number of nitrogens with one attached hydrogen (secondary N) is 1. The second kappa shape index (κ2) is 10.4. The molecule has 27 heavy (non-hydrogen) atoms. The zero-order valence-corrected chi connectivity index (χ0v) is 15.5. The summed E-state index contributed by atoms with van der Waals surface area (Å²) in [6.07, 6.45) is 2.90. The molecule has 1 heterocycles. The molecule has 2 rings (SSSR count). The first-order valence-corrected chi connectivity index (χ1v) is 9.17. The Kier molecular flexibility index (Phi) is 7.94. The maximum Gasteiger partial charge on any atom is 0.387 e. The van der Waals surface area contributed by atoms with Crippen LogP contribution in [0.3, 0.4) is 0 Å². The minimum absolute atomic E-state index is 0.0355. The molecule has 0 bridgehead atoms. The first-order chi connectivity index (χ1) is 13.0. The number of rotatable bonds is 9. The van der Waals surface area contributed by atoms with Crippen LogP contribution in [0.2, 0.25) is 0 Å². The molecule has 1 N–H and O–H groups in total. The first kappa shape index (κ1) is 20.6. The molecule has 5 nitrogen and oxygen atoms in total. The van der Waals surface area contributed by atoms with E-state index in [2.05, 4.69) is 10.1 Å². The molecular formula is C19H20F2N2O3S. The third-order valence-electron chi connectivity index (χ3n) is 3.59. The topological polar surface area (TPSA) is 58.6 Å². The Morgan fingerprint density at radius 1 is 1.26 bits per heavy atom. The third kappa shape index (κ3) is 7.18. The summed E-state index contributed by atoms with van der Waals surface area (Å²) in [5.74, 6) is -0.497. The summed E-state index contributed by atoms with van der Waals surface area (Å²) >= 11 is 1.55. The number of nitrogens with zero attached hydrogens (tertiary/aromatic N) is 1. The number of carbonyl (C=O) groups excluding carboxylic acids is 2. The Hall–Kier alpha value is -2.74. The van der Waals surface area contributed by atoms with E-state index < -0.39 is 6.61 Å². The SMILES string of the molecule is CCN(CC(=O)NCc1cccs1)C(=O)C=Cc1ccc(OC(F)F)cc1. The highest BCUT2D eigenvalue weighted by Crippen LogP contribution is 2.15. The van der Waals surface area contributed by atoms with Crippen molar-refractivity contribution >= 4 is 29.2 Å². The number of thiophene rings is 1. The largest absolute Gasteiger partial charge is 0.435 e. The monoisotopic (exact) mass is 394 g/mol. The van der Waals surface area contributed by atoms with Gasteiger partial charge in [-0.2, -0.15) is 8.78 Å². The number of hydrogen-bond acceptors (Lipinski definition) is 4. The van der Waals surface area contributed by atoms with Gasteiger partial charge in [0.1, 0.15) is 5.75 Å². The maximum atomic E-state index is 12.3. The molecular weight excluding hydrogens is 374 g/mol. The number of hydrogen-bond donors (Lipinski definition) is 1. The summed E-state index contributed by atoms with van der Waals surface area (Å²) < 4.78 is 28.5. The summed E-state index contributed by atoms with van der Waals surface area (Å²) in [7, 11) is 0. The van der Waals surface area contributed by atoms with Crippen molar-refractivity contribution in [1.29, 1.82) is 0 Å². The number of likely N-dealkylation sites (N-methyl/N-ethyl adjacent to an activating group) is 1. The van der Waals surface area contributed by atoms with Crippen LogP contribution in [0.5, 0.6) is 5.75 Å². The molecule has 0 aliphatic heterocycles. The zero-order chi connectivity index (χ0) is 19.6. The van der Waals surface area contributed by atoms with E-state index in [1.165, 1.54) is 23.1 Å². The fraction of sp³-hybridized carbons (Fsp3) is 0.263. The highest BCUT2D eigenvalue weighted by atomic mass is 32.1. The predicted octanol–water partition coefficient (Wildman–Crippen LogP) is 3.53. The van der Waals surface area contributed by atoms with Gasteiger partial charge in [-0.05, 0) is 42.1 Å². The van der Waals surface area contributed by atoms with Gasteiger partial charge in [0.15, 0.2) is 0 Å². The normalized spacial score (nSPS) is 11.0. The highest BCUT2D eigenvalue weighted by molar-refractivity contribution is 7.09. The number of halogens is 2. The van der Waals surface area contributed by atoms with Crippen LogP contribution in [0.25, 0.3) is 6.08 Å². The van der Waals surface area contributed by atoms with E-state index in [1.807, 2.05) is 17.5 Å². The number of carbonyl (C=O) groups is 2. The number of benzene rings is 1. The fourth-order valence-corrected chi connectivity index (χ4v) is 2.85. The van der Waals surface area contributed by atoms with Gasteiger partial charge in [0, 0.05) is 17.5 Å². The first-order valence-electron chi connectivity index (χ1n) is 8.29. The van der Waals surface area contributed by atoms with Crippen LogP contribution >= 0.6 is 11.3 Å². The van der Waals surface area contributed by atoms with E-state index in [0.717, 1.165) is 4.88 Å². The Morgan fingerprint density at radius 3 is 2.59 bits per heavy atom. The molecule has 0 radical (unpaired) electrons. The molecule has 0 atom stereocenters. The standard InChI is InChI=1S/C19H20F2N2O3S/c1-2-23(13-17(24)22-12-16-4-3-11-27-16)18(25)10-7-14-5-8-15(9-6-14)26-19(20)21/h3-11,19H,2,12-13H2,1H3,(H,22,24). The van der Waals surface area contributed by atoms with Crippen molar-refractivity contribution in [1.82, 2.24) is 10.2 Å². The fourth-order valence-electron chi connectivity index (χ4n) is 2.21. The van der Waals surface area contributed by atoms with E-state index in [1.54, 1.807) is 36.5 Å². The van der Waals surface area contributed by atoms with Crippen molar-refractivity contribution in [3.8, 4) is 5.75 Å². The Labute approximate surface area is 160 Å². The van der Waals surface area contributed by atoms with Crippen LogP contribution in [0.4, 0.5) is 8.78 Å². The van der Waals surface area contributed by atoms with Gasteiger partial charge in [0.25, 0.3) is 0 Å². The Balaban J connectivity index is 1.85. The number of ether oxygens (including phenoxy) is 1. The van der Waals surface area contributed by atoms with Crippen LogP contribution in [0.15, 0.2) is 47.9 Å². The Bertz CT molecular complexity index is 762. The molecule has 0 spiro atoms. The average molecular weight is 394 g/mol. The van der Waals surface area contributed by atoms with Gasteiger partial charge in [-0.25, -0.2) is 0 Å². The lowest BCUT2D eigenvalue weighted by Gasteiger charge is -2.18. The second-order valence-corrected chi connectivity index (χ2v) is 6.52. The minimum atomic E-state index is -2.88.